The highest BCUT2D eigenvalue weighted by Gasteiger charge is 2.33. The van der Waals surface area contributed by atoms with Crippen LogP contribution in [0.1, 0.15) is 33.6 Å². The summed E-state index contributed by atoms with van der Waals surface area (Å²) >= 11 is 0. The molecule has 1 aliphatic rings. The van der Waals surface area contributed by atoms with Crippen molar-refractivity contribution < 1.29 is 14.3 Å². The Hall–Kier alpha value is -5.46. The monoisotopic (exact) mass is 626 g/mol. The molecule has 2 aromatic heterocycles. The van der Waals surface area contributed by atoms with E-state index >= 15 is 0 Å². The van der Waals surface area contributed by atoms with E-state index in [1.54, 1.807) is 12.4 Å². The van der Waals surface area contributed by atoms with Gasteiger partial charge in [-0.2, -0.15) is 5.26 Å². The maximum Gasteiger partial charge on any atom is 0.264 e. The number of hydrogen-bond donors (Lipinski definition) is 1. The van der Waals surface area contributed by atoms with Crippen LogP contribution in [-0.4, -0.2) is 50.1 Å². The molecule has 0 bridgehead atoms. The molecule has 0 radical (unpaired) electrons. The molecule has 1 saturated heterocycles. The number of nitriles is 1. The van der Waals surface area contributed by atoms with Gasteiger partial charge in [0.05, 0.1) is 17.0 Å². The number of nitrogens with one attached hydrogen (secondary N) is 1. The van der Waals surface area contributed by atoms with Crippen LogP contribution in [-0.2, 0) is 16.1 Å². The summed E-state index contributed by atoms with van der Waals surface area (Å²) in [7, 11) is 0. The Bertz CT molecular complexity index is 1910. The van der Waals surface area contributed by atoms with E-state index in [0.29, 0.717) is 25.5 Å². The summed E-state index contributed by atoms with van der Waals surface area (Å²) in [6.45, 7) is 7.20. The second kappa shape index (κ2) is 13.9. The number of nitrogens with zero attached hydrogens (tertiary/aromatic N) is 5. The molecule has 1 N–H and O–H groups in total. The molecule has 9 heteroatoms. The smallest absolute Gasteiger partial charge is 0.264 e. The summed E-state index contributed by atoms with van der Waals surface area (Å²) in [5.41, 5.74) is 2.98. The molecular formula is C38H38N6O3. The van der Waals surface area contributed by atoms with Crippen LogP contribution >= 0.6 is 0 Å². The maximum absolute atomic E-state index is 13.7. The van der Waals surface area contributed by atoms with E-state index in [-0.39, 0.29) is 17.5 Å². The zero-order valence-electron chi connectivity index (χ0n) is 26.9. The predicted octanol–water partition coefficient (Wildman–Crippen LogP) is 7.89. The Kier molecular flexibility index (Phi) is 9.32. The number of anilines is 2. The molecule has 3 aromatic carbocycles. The SMILES string of the molecule is CCOC(C)(C)C=C(C#N)C(=O)N1CCC[C@@H]1Cn1cc(-c2ccc(Oc3ccccc3)cc2)c2c(Nc3ccccc3)ncnc21. The van der Waals surface area contributed by atoms with Gasteiger partial charge < -0.3 is 24.3 Å². The minimum Gasteiger partial charge on any atom is -0.457 e. The van der Waals surface area contributed by atoms with Crippen LogP contribution in [0.25, 0.3) is 22.2 Å². The van der Waals surface area contributed by atoms with Gasteiger partial charge in [0, 0.05) is 37.1 Å². The minimum atomic E-state index is -0.725. The average Bonchev–Trinajstić information content (AvgIpc) is 3.70. The fourth-order valence-corrected chi connectivity index (χ4v) is 6.14. The van der Waals surface area contributed by atoms with Crippen molar-refractivity contribution in [1.29, 1.82) is 5.26 Å². The van der Waals surface area contributed by atoms with Crippen molar-refractivity contribution in [2.24, 2.45) is 0 Å². The van der Waals surface area contributed by atoms with Gasteiger partial charge in [-0.25, -0.2) is 9.97 Å². The van der Waals surface area contributed by atoms with Crippen LogP contribution in [0.3, 0.4) is 0 Å². The second-order valence-electron chi connectivity index (χ2n) is 12.0. The first-order chi connectivity index (χ1) is 22.8. The van der Waals surface area contributed by atoms with E-state index in [4.69, 9.17) is 14.5 Å². The van der Waals surface area contributed by atoms with Crippen LogP contribution in [0.2, 0.25) is 0 Å². The molecule has 0 saturated carbocycles. The number of para-hydroxylation sites is 2. The standard InChI is InChI=1S/C38H38N6O3/c1-4-46-38(2,3)22-28(23-39)37(45)44-21-11-14-30(44)24-43-25-33(27-17-19-32(20-18-27)47-31-15-9-6-10-16-31)34-35(40-26-41-36(34)43)42-29-12-7-5-8-13-29/h5-10,12-13,15-20,22,25-26,30H,4,11,14,21,24H2,1-3H3,(H,40,41,42)/t30-/m1/s1. The zero-order valence-corrected chi connectivity index (χ0v) is 26.9. The zero-order chi connectivity index (χ0) is 32.8. The molecule has 0 aliphatic carbocycles. The molecule has 6 rings (SSSR count). The maximum atomic E-state index is 13.7. The van der Waals surface area contributed by atoms with Crippen molar-refractivity contribution in [3.05, 3.63) is 109 Å². The lowest BCUT2D eigenvalue weighted by Gasteiger charge is -2.26. The molecular weight excluding hydrogens is 588 g/mol. The first kappa shape index (κ1) is 31.5. The van der Waals surface area contributed by atoms with Gasteiger partial charge in [-0.15, -0.1) is 0 Å². The predicted molar refractivity (Wildman–Crippen MR) is 183 cm³/mol. The molecule has 0 unspecified atom stereocenters. The van der Waals surface area contributed by atoms with Gasteiger partial charge in [-0.3, -0.25) is 4.79 Å². The topological polar surface area (TPSA) is 105 Å². The number of rotatable bonds is 11. The normalized spacial score (nSPS) is 15.1. The number of fused-ring (bicyclic) bond motifs is 1. The molecule has 0 spiro atoms. The van der Waals surface area contributed by atoms with E-state index in [1.165, 1.54) is 0 Å². The van der Waals surface area contributed by atoms with Gasteiger partial charge in [0.2, 0.25) is 0 Å². The molecule has 47 heavy (non-hydrogen) atoms. The summed E-state index contributed by atoms with van der Waals surface area (Å²) in [6, 6.07) is 29.6. The van der Waals surface area contributed by atoms with Crippen molar-refractivity contribution in [3.8, 4) is 28.7 Å². The summed E-state index contributed by atoms with van der Waals surface area (Å²) in [4.78, 5) is 24.9. The fourth-order valence-electron chi connectivity index (χ4n) is 6.14. The Balaban J connectivity index is 1.35. The van der Waals surface area contributed by atoms with Crippen LogP contribution in [0, 0.1) is 11.3 Å². The molecule has 3 heterocycles. The summed E-state index contributed by atoms with van der Waals surface area (Å²) < 4.78 is 13.9. The minimum absolute atomic E-state index is 0.0999. The highest BCUT2D eigenvalue weighted by molar-refractivity contribution is 6.02. The number of likely N-dealkylation sites (tertiary alicyclic amines) is 1. The molecule has 1 atom stereocenters. The first-order valence-electron chi connectivity index (χ1n) is 15.9. The number of aromatic nitrogens is 3. The van der Waals surface area contributed by atoms with Gasteiger partial charge in [-0.05, 0) is 81.7 Å². The molecule has 1 aliphatic heterocycles. The van der Waals surface area contributed by atoms with Gasteiger partial charge in [-0.1, -0.05) is 48.5 Å². The molecule has 5 aromatic rings. The van der Waals surface area contributed by atoms with Crippen LogP contribution < -0.4 is 10.1 Å². The lowest BCUT2D eigenvalue weighted by atomic mass is 10.0. The fraction of sp³-hybridized carbons (Fsp3) is 0.263. The number of amides is 1. The average molecular weight is 627 g/mol. The molecule has 1 fully saturated rings. The van der Waals surface area contributed by atoms with Crippen molar-refractivity contribution in [1.82, 2.24) is 19.4 Å². The third-order valence-electron chi connectivity index (χ3n) is 8.24. The molecule has 238 valence electrons. The summed E-state index contributed by atoms with van der Waals surface area (Å²) in [5.74, 6) is 1.92. The Morgan fingerprint density at radius 1 is 1.02 bits per heavy atom. The van der Waals surface area contributed by atoms with E-state index in [0.717, 1.165) is 52.2 Å². The third-order valence-corrected chi connectivity index (χ3v) is 8.24. The van der Waals surface area contributed by atoms with Crippen LogP contribution in [0.5, 0.6) is 11.5 Å². The van der Waals surface area contributed by atoms with E-state index in [2.05, 4.69) is 27.1 Å². The van der Waals surface area contributed by atoms with Gasteiger partial charge in [0.15, 0.2) is 0 Å². The van der Waals surface area contributed by atoms with E-state index < -0.39 is 5.60 Å². The third kappa shape index (κ3) is 7.19. The quantitative estimate of drug-likeness (QED) is 0.117. The number of ether oxygens (including phenoxy) is 2. The lowest BCUT2D eigenvalue weighted by Crippen LogP contribution is -2.39. The van der Waals surface area contributed by atoms with Crippen molar-refractivity contribution in [3.63, 3.8) is 0 Å². The largest absolute Gasteiger partial charge is 0.457 e. The Labute approximate surface area is 275 Å². The van der Waals surface area contributed by atoms with Crippen LogP contribution in [0.4, 0.5) is 11.5 Å². The van der Waals surface area contributed by atoms with Crippen LogP contribution in [0.15, 0.2) is 109 Å². The van der Waals surface area contributed by atoms with E-state index in [9.17, 15) is 10.1 Å². The van der Waals surface area contributed by atoms with Crippen molar-refractivity contribution in [2.45, 2.75) is 51.8 Å². The van der Waals surface area contributed by atoms with Gasteiger partial charge in [0.1, 0.15) is 40.9 Å². The number of hydrogen-bond acceptors (Lipinski definition) is 7. The van der Waals surface area contributed by atoms with Gasteiger partial charge in [0.25, 0.3) is 5.91 Å². The molecule has 1 amide bonds. The highest BCUT2D eigenvalue weighted by atomic mass is 16.5. The summed E-state index contributed by atoms with van der Waals surface area (Å²) in [5, 5.41) is 14.3. The number of carbonyl (C=O) groups excluding carboxylic acids is 1. The van der Waals surface area contributed by atoms with Gasteiger partial charge >= 0.3 is 0 Å². The Morgan fingerprint density at radius 3 is 2.43 bits per heavy atom. The number of benzene rings is 3. The van der Waals surface area contributed by atoms with E-state index in [1.807, 2.05) is 111 Å². The number of carbonyl (C=O) groups is 1. The Morgan fingerprint density at radius 2 is 1.72 bits per heavy atom. The molecule has 9 nitrogen and oxygen atoms in total. The summed E-state index contributed by atoms with van der Waals surface area (Å²) in [6.07, 6.45) is 6.96. The lowest BCUT2D eigenvalue weighted by molar-refractivity contribution is -0.127. The highest BCUT2D eigenvalue weighted by Crippen LogP contribution is 2.37. The van der Waals surface area contributed by atoms with Crippen molar-refractivity contribution in [2.75, 3.05) is 18.5 Å². The first-order valence-corrected chi connectivity index (χ1v) is 15.9. The second-order valence-corrected chi connectivity index (χ2v) is 12.0. The van der Waals surface area contributed by atoms with Crippen molar-refractivity contribution >= 4 is 28.4 Å².